The van der Waals surface area contributed by atoms with Crippen molar-refractivity contribution in [3.63, 3.8) is 0 Å². The molecular formula is C12H15BrN2O. The highest BCUT2D eigenvalue weighted by atomic mass is 79.9. The molecule has 0 saturated carbocycles. The van der Waals surface area contributed by atoms with Crippen LogP contribution in [-0.4, -0.2) is 29.4 Å². The summed E-state index contributed by atoms with van der Waals surface area (Å²) < 4.78 is 0.735. The molecule has 0 aliphatic heterocycles. The van der Waals surface area contributed by atoms with Gasteiger partial charge in [-0.15, -0.1) is 6.58 Å². The van der Waals surface area contributed by atoms with Crippen LogP contribution in [0.25, 0.3) is 0 Å². The second-order valence-electron chi connectivity index (χ2n) is 3.53. The van der Waals surface area contributed by atoms with E-state index in [1.165, 1.54) is 0 Å². The number of amides is 1. The zero-order valence-electron chi connectivity index (χ0n) is 9.32. The van der Waals surface area contributed by atoms with Gasteiger partial charge < -0.3 is 4.90 Å². The smallest absolute Gasteiger partial charge is 0.255 e. The number of rotatable bonds is 5. The molecular weight excluding hydrogens is 268 g/mol. The van der Waals surface area contributed by atoms with E-state index in [9.17, 15) is 4.79 Å². The molecule has 3 nitrogen and oxygen atoms in total. The summed E-state index contributed by atoms with van der Waals surface area (Å²) in [6.45, 7) is 4.39. The Morgan fingerprint density at radius 2 is 2.38 bits per heavy atom. The van der Waals surface area contributed by atoms with E-state index in [4.69, 9.17) is 0 Å². The zero-order valence-corrected chi connectivity index (χ0v) is 10.9. The van der Waals surface area contributed by atoms with Gasteiger partial charge in [-0.1, -0.05) is 6.08 Å². The van der Waals surface area contributed by atoms with Gasteiger partial charge in [0.25, 0.3) is 5.91 Å². The van der Waals surface area contributed by atoms with E-state index in [-0.39, 0.29) is 5.91 Å². The summed E-state index contributed by atoms with van der Waals surface area (Å²) in [5.74, 6) is 0.00376. The summed E-state index contributed by atoms with van der Waals surface area (Å²) >= 11 is 3.24. The number of nitrogens with zero attached hydrogens (tertiary/aromatic N) is 2. The Kier molecular flexibility index (Phi) is 5.19. The molecule has 0 fully saturated rings. The van der Waals surface area contributed by atoms with Crippen LogP contribution in [0.4, 0.5) is 0 Å². The van der Waals surface area contributed by atoms with Crippen LogP contribution in [0.2, 0.25) is 0 Å². The highest BCUT2D eigenvalue weighted by Crippen LogP contribution is 2.08. The third-order valence-electron chi connectivity index (χ3n) is 2.22. The molecule has 0 bridgehead atoms. The molecule has 0 aromatic carbocycles. The fraction of sp³-hybridized carbons (Fsp3) is 0.333. The van der Waals surface area contributed by atoms with Crippen molar-refractivity contribution in [1.29, 1.82) is 0 Å². The van der Waals surface area contributed by atoms with Crippen molar-refractivity contribution in [1.82, 2.24) is 9.88 Å². The number of unbranched alkanes of at least 4 members (excludes halogenated alkanes) is 1. The predicted molar refractivity (Wildman–Crippen MR) is 68.3 cm³/mol. The summed E-state index contributed by atoms with van der Waals surface area (Å²) in [5, 5.41) is 0. The predicted octanol–water partition coefficient (Wildman–Crippen LogP) is 2.88. The number of carbonyl (C=O) groups is 1. The summed E-state index contributed by atoms with van der Waals surface area (Å²) in [6, 6.07) is 3.54. The van der Waals surface area contributed by atoms with Crippen molar-refractivity contribution in [2.75, 3.05) is 13.6 Å². The Balaban J connectivity index is 2.56. The molecule has 4 heteroatoms. The van der Waals surface area contributed by atoms with Crippen LogP contribution < -0.4 is 0 Å². The van der Waals surface area contributed by atoms with Gasteiger partial charge in [0, 0.05) is 19.8 Å². The Hall–Kier alpha value is -1.16. The number of allylic oxidation sites excluding steroid dienone is 1. The first-order valence-corrected chi connectivity index (χ1v) is 5.92. The van der Waals surface area contributed by atoms with Gasteiger partial charge in [-0.25, -0.2) is 4.98 Å². The molecule has 1 aromatic heterocycles. The number of halogens is 1. The lowest BCUT2D eigenvalue weighted by atomic mass is 10.2. The highest BCUT2D eigenvalue weighted by molar-refractivity contribution is 9.10. The van der Waals surface area contributed by atoms with Gasteiger partial charge in [0.1, 0.15) is 4.60 Å². The summed E-state index contributed by atoms with van der Waals surface area (Å²) in [4.78, 5) is 17.6. The third-order valence-corrected chi connectivity index (χ3v) is 2.69. The molecule has 1 heterocycles. The van der Waals surface area contributed by atoms with Crippen molar-refractivity contribution in [3.05, 3.63) is 41.2 Å². The van der Waals surface area contributed by atoms with Crippen LogP contribution in [0.5, 0.6) is 0 Å². The van der Waals surface area contributed by atoms with Crippen LogP contribution >= 0.6 is 15.9 Å². The third kappa shape index (κ3) is 3.77. The molecule has 0 spiro atoms. The number of aromatic nitrogens is 1. The Bertz CT molecular complexity index is 362. The monoisotopic (exact) mass is 282 g/mol. The molecule has 86 valence electrons. The van der Waals surface area contributed by atoms with Crippen LogP contribution in [0, 0.1) is 0 Å². The molecule has 0 N–H and O–H groups in total. The second-order valence-corrected chi connectivity index (χ2v) is 4.34. The maximum atomic E-state index is 11.9. The topological polar surface area (TPSA) is 33.2 Å². The fourth-order valence-corrected chi connectivity index (χ4v) is 1.53. The summed E-state index contributed by atoms with van der Waals surface area (Å²) in [7, 11) is 1.80. The van der Waals surface area contributed by atoms with E-state index in [0.717, 1.165) is 24.0 Å². The van der Waals surface area contributed by atoms with E-state index in [1.807, 2.05) is 6.08 Å². The average Bonchev–Trinajstić information content (AvgIpc) is 2.29. The number of hydrogen-bond acceptors (Lipinski definition) is 2. The molecule has 0 unspecified atom stereocenters. The van der Waals surface area contributed by atoms with Crippen molar-refractivity contribution in [3.8, 4) is 0 Å². The SMILES string of the molecule is C=CCCCN(C)C(=O)c1ccc(Br)nc1. The van der Waals surface area contributed by atoms with Gasteiger partial charge in [0.15, 0.2) is 0 Å². The maximum Gasteiger partial charge on any atom is 0.255 e. The van der Waals surface area contributed by atoms with E-state index >= 15 is 0 Å². The van der Waals surface area contributed by atoms with Crippen LogP contribution in [0.1, 0.15) is 23.2 Å². The van der Waals surface area contributed by atoms with Crippen LogP contribution in [0.3, 0.4) is 0 Å². The number of hydrogen-bond donors (Lipinski definition) is 0. The van der Waals surface area contributed by atoms with Crippen molar-refractivity contribution in [2.24, 2.45) is 0 Å². The van der Waals surface area contributed by atoms with E-state index in [1.54, 1.807) is 30.3 Å². The first-order chi connectivity index (χ1) is 7.65. The van der Waals surface area contributed by atoms with Gasteiger partial charge in [-0.3, -0.25) is 4.79 Å². The molecule has 0 aliphatic carbocycles. The summed E-state index contributed by atoms with van der Waals surface area (Å²) in [6.07, 6.45) is 5.31. The van der Waals surface area contributed by atoms with Crippen LogP contribution in [-0.2, 0) is 0 Å². The Labute approximate surface area is 104 Å². The lowest BCUT2D eigenvalue weighted by Gasteiger charge is -2.16. The second kappa shape index (κ2) is 6.43. The normalized spacial score (nSPS) is 9.88. The molecule has 1 amide bonds. The minimum atomic E-state index is 0.00376. The number of carbonyl (C=O) groups excluding carboxylic acids is 1. The molecule has 0 atom stereocenters. The van der Waals surface area contributed by atoms with Crippen LogP contribution in [0.15, 0.2) is 35.6 Å². The summed E-state index contributed by atoms with van der Waals surface area (Å²) in [5.41, 5.74) is 0.615. The van der Waals surface area contributed by atoms with Gasteiger partial charge in [0.2, 0.25) is 0 Å². The van der Waals surface area contributed by atoms with Gasteiger partial charge in [-0.05, 0) is 40.9 Å². The largest absolute Gasteiger partial charge is 0.342 e. The molecule has 0 saturated heterocycles. The molecule has 16 heavy (non-hydrogen) atoms. The first-order valence-electron chi connectivity index (χ1n) is 5.13. The lowest BCUT2D eigenvalue weighted by molar-refractivity contribution is 0.0793. The molecule has 0 radical (unpaired) electrons. The minimum Gasteiger partial charge on any atom is -0.342 e. The van der Waals surface area contributed by atoms with E-state index in [2.05, 4.69) is 27.5 Å². The van der Waals surface area contributed by atoms with Gasteiger partial charge in [0.05, 0.1) is 5.56 Å². The van der Waals surface area contributed by atoms with E-state index < -0.39 is 0 Å². The average molecular weight is 283 g/mol. The Morgan fingerprint density at radius 1 is 1.62 bits per heavy atom. The van der Waals surface area contributed by atoms with Gasteiger partial charge >= 0.3 is 0 Å². The maximum absolute atomic E-state index is 11.9. The quantitative estimate of drug-likeness (QED) is 0.473. The van der Waals surface area contributed by atoms with Crippen molar-refractivity contribution in [2.45, 2.75) is 12.8 Å². The lowest BCUT2D eigenvalue weighted by Crippen LogP contribution is -2.27. The fourth-order valence-electron chi connectivity index (χ4n) is 1.30. The minimum absolute atomic E-state index is 0.00376. The molecule has 0 aliphatic rings. The molecule has 1 aromatic rings. The molecule has 1 rings (SSSR count). The number of pyridine rings is 1. The van der Waals surface area contributed by atoms with Crippen molar-refractivity contribution >= 4 is 21.8 Å². The zero-order chi connectivity index (χ0) is 12.0. The highest BCUT2D eigenvalue weighted by Gasteiger charge is 2.10. The van der Waals surface area contributed by atoms with E-state index in [0.29, 0.717) is 5.56 Å². The van der Waals surface area contributed by atoms with Crippen molar-refractivity contribution < 1.29 is 4.79 Å². The van der Waals surface area contributed by atoms with Gasteiger partial charge in [-0.2, -0.15) is 0 Å². The Morgan fingerprint density at radius 3 is 2.94 bits per heavy atom. The standard InChI is InChI=1S/C12H15BrN2O/c1-3-4-5-8-15(2)12(16)10-6-7-11(13)14-9-10/h3,6-7,9H,1,4-5,8H2,2H3. The first kappa shape index (κ1) is 12.9.